The SMILES string of the molecule is C[C@@H]1O[C@@H](O[C@H]2[C@H](O[C@H]3CC[C@]4(C)[C@H]5CC=C6[C@@H]7CC(C)(C)CC[C@]7(C(=O)O[C@@H]7O[C@H](CO)[C@@H](O[C@@H]8O[C@H](CO)[C@@H](O)[C@H](O)[C@H]8O)[C@H](O)[C@H]7O[C@@H]7O[C@H](CO)[C@@H](O)[C@H](O)[C@H]7O)[C@H](O)C[C@@]6(C)[C@]5(C)CC[C@H]4C3(C)C)O[C@H](CO)[C@@H](O)[C@@H]2O)[C@H](O)[C@H](O)[C@H]1O. The summed E-state index contributed by atoms with van der Waals surface area (Å²) in [5.41, 5.74) is -3.16. The number of hydrogen-bond donors (Lipinski definition) is 17. The van der Waals surface area contributed by atoms with Crippen LogP contribution in [0, 0.1) is 50.2 Å². The molecule has 17 N–H and O–H groups in total. The number of allylic oxidation sites excluding steroid dienone is 2. The zero-order chi connectivity index (χ0) is 64.4. The predicted molar refractivity (Wildman–Crippen MR) is 295 cm³/mol. The highest BCUT2D eigenvalue weighted by molar-refractivity contribution is 5.80. The molecule has 10 rings (SSSR count). The Bertz CT molecular complexity index is 2450. The summed E-state index contributed by atoms with van der Waals surface area (Å²) in [5, 5.41) is 185. The minimum Gasteiger partial charge on any atom is -0.432 e. The smallest absolute Gasteiger partial charge is 0.317 e. The highest BCUT2D eigenvalue weighted by atomic mass is 16.8. The van der Waals surface area contributed by atoms with E-state index in [1.165, 1.54) is 6.92 Å². The summed E-state index contributed by atoms with van der Waals surface area (Å²) in [5.74, 6) is -1.54. The Hall–Kier alpha value is -1.83. The van der Waals surface area contributed by atoms with Crippen molar-refractivity contribution in [3.63, 3.8) is 0 Å². The molecule has 9 fully saturated rings. The number of aliphatic hydroxyl groups is 17. The molecule has 5 saturated heterocycles. The predicted octanol–water partition coefficient (Wildman–Crippen LogP) is -4.21. The van der Waals surface area contributed by atoms with E-state index in [2.05, 4.69) is 54.5 Å². The number of rotatable bonds is 14. The van der Waals surface area contributed by atoms with Gasteiger partial charge in [0.1, 0.15) is 115 Å². The molecule has 0 bridgehead atoms. The molecule has 5 aliphatic heterocycles. The number of hydrogen-bond acceptors (Lipinski definition) is 28. The van der Waals surface area contributed by atoms with Crippen LogP contribution in [0.2, 0.25) is 0 Å². The Labute approximate surface area is 510 Å². The average molecular weight is 1270 g/mol. The van der Waals surface area contributed by atoms with Gasteiger partial charge in [-0.15, -0.1) is 0 Å². The molecular weight excluding hydrogens is 1170 g/mol. The summed E-state index contributed by atoms with van der Waals surface area (Å²) in [7, 11) is 0. The summed E-state index contributed by atoms with van der Waals surface area (Å²) in [6.45, 7) is 13.3. The van der Waals surface area contributed by atoms with Gasteiger partial charge in [-0.05, 0) is 110 Å². The van der Waals surface area contributed by atoms with Crippen LogP contribution < -0.4 is 0 Å². The maximum absolute atomic E-state index is 15.7. The fourth-order valence-corrected chi connectivity index (χ4v) is 18.0. The first-order chi connectivity index (χ1) is 41.2. The third-order valence-corrected chi connectivity index (χ3v) is 23.5. The monoisotopic (exact) mass is 1270 g/mol. The van der Waals surface area contributed by atoms with Crippen LogP contribution in [0.3, 0.4) is 0 Å². The molecule has 0 spiro atoms. The maximum atomic E-state index is 15.7. The molecule has 34 atom stereocenters. The Morgan fingerprint density at radius 2 is 0.977 bits per heavy atom. The van der Waals surface area contributed by atoms with Crippen LogP contribution in [0.4, 0.5) is 0 Å². The number of aliphatic hydroxyl groups excluding tert-OH is 17. The van der Waals surface area contributed by atoms with Crippen molar-refractivity contribution in [2.45, 2.75) is 279 Å². The lowest BCUT2D eigenvalue weighted by Crippen LogP contribution is -2.69. The molecule has 28 heteroatoms. The molecule has 0 amide bonds. The summed E-state index contributed by atoms with van der Waals surface area (Å²) >= 11 is 0. The van der Waals surface area contributed by atoms with Crippen molar-refractivity contribution >= 4 is 5.97 Å². The van der Waals surface area contributed by atoms with Gasteiger partial charge in [-0.1, -0.05) is 60.1 Å². The van der Waals surface area contributed by atoms with Crippen LogP contribution in [-0.2, 0) is 52.2 Å². The molecular formula is C60H98O28. The van der Waals surface area contributed by atoms with Crippen molar-refractivity contribution in [2.24, 2.45) is 50.2 Å². The normalized spacial score (nSPS) is 54.4. The second-order valence-electron chi connectivity index (χ2n) is 29.2. The van der Waals surface area contributed by atoms with E-state index in [-0.39, 0.29) is 35.5 Å². The largest absolute Gasteiger partial charge is 0.432 e. The van der Waals surface area contributed by atoms with Gasteiger partial charge in [0.25, 0.3) is 0 Å². The third kappa shape index (κ3) is 11.3. The average Bonchev–Trinajstić information content (AvgIpc) is 0.690. The molecule has 5 heterocycles. The summed E-state index contributed by atoms with van der Waals surface area (Å²) in [6.07, 6.45) is -38.1. The van der Waals surface area contributed by atoms with E-state index < -0.39 is 226 Å². The first-order valence-corrected chi connectivity index (χ1v) is 31.3. The first kappa shape index (κ1) is 69.0. The van der Waals surface area contributed by atoms with Gasteiger partial charge in [-0.25, -0.2) is 0 Å². The molecule has 0 radical (unpaired) electrons. The van der Waals surface area contributed by atoms with Crippen molar-refractivity contribution in [3.05, 3.63) is 11.6 Å². The second-order valence-corrected chi connectivity index (χ2v) is 29.2. The minimum absolute atomic E-state index is 0.00797. The summed E-state index contributed by atoms with van der Waals surface area (Å²) < 4.78 is 60.6. The Kier molecular flexibility index (Phi) is 19.9. The lowest BCUT2D eigenvalue weighted by molar-refractivity contribution is -0.384. The molecule has 10 aliphatic rings. The molecule has 0 unspecified atom stereocenters. The van der Waals surface area contributed by atoms with Crippen LogP contribution in [0.1, 0.15) is 113 Å². The van der Waals surface area contributed by atoms with Gasteiger partial charge < -0.3 is 134 Å². The van der Waals surface area contributed by atoms with Gasteiger partial charge in [0.05, 0.1) is 44.7 Å². The quantitative estimate of drug-likeness (QED) is 0.0445. The maximum Gasteiger partial charge on any atom is 0.317 e. The van der Waals surface area contributed by atoms with Crippen LogP contribution in [0.15, 0.2) is 11.6 Å². The molecule has 88 heavy (non-hydrogen) atoms. The van der Waals surface area contributed by atoms with Crippen LogP contribution in [0.5, 0.6) is 0 Å². The van der Waals surface area contributed by atoms with Gasteiger partial charge in [-0.2, -0.15) is 0 Å². The Morgan fingerprint density at radius 1 is 0.489 bits per heavy atom. The van der Waals surface area contributed by atoms with E-state index in [1.807, 2.05) is 0 Å². The molecule has 0 aromatic rings. The molecule has 28 nitrogen and oxygen atoms in total. The van der Waals surface area contributed by atoms with Crippen LogP contribution in [-0.4, -0.2) is 285 Å². The Balaban J connectivity index is 0.927. The molecule has 4 saturated carbocycles. The van der Waals surface area contributed by atoms with Crippen LogP contribution in [0.25, 0.3) is 0 Å². The Morgan fingerprint density at radius 3 is 1.53 bits per heavy atom. The topological polar surface area (TPSA) is 453 Å². The van der Waals surface area contributed by atoms with Gasteiger partial charge in [0, 0.05) is 0 Å². The fraction of sp³-hybridized carbons (Fsp3) is 0.950. The number of fused-ring (bicyclic) bond motifs is 7. The summed E-state index contributed by atoms with van der Waals surface area (Å²) in [6, 6.07) is 0. The second kappa shape index (κ2) is 25.4. The van der Waals surface area contributed by atoms with Gasteiger partial charge in [-0.3, -0.25) is 4.79 Å². The van der Waals surface area contributed by atoms with E-state index >= 15 is 4.79 Å². The standard InChI is InChI=1S/C60H98O28/c1-23-34(66)38(70)42(74)49(79-23)86-47-41(73)37(69)28(21-63)82-52(47)84-33-12-13-57(6)30(56(33,4)5)11-14-58(7)31(57)10-9-24-25-17-55(2,3)15-16-60(25,32(65)18-59(24,58)8)54(78)88-53-48(87-51-44(76)40(72)36(68)27(20-62)81-51)45(77)46(29(22-64)83-53)85-50-43(75)39(71)35(67)26(19-61)80-50/h9,23,25-53,61-77H,10-22H2,1-8H3/t23-,25-,26+,27+,28+,29+,30-,31+,32+,33-,34-,35+,36+,37+,38+,39-,40-,41-,42+,43+,44+,45-,46+,47+,48+,49-,50-,51-,52-,53-,57-,58+,59+,60+/m0/s1. The van der Waals surface area contributed by atoms with E-state index in [0.29, 0.717) is 44.9 Å². The van der Waals surface area contributed by atoms with Gasteiger partial charge in [0.2, 0.25) is 6.29 Å². The lowest BCUT2D eigenvalue weighted by atomic mass is 9.33. The molecule has 0 aromatic carbocycles. The van der Waals surface area contributed by atoms with Crippen LogP contribution >= 0.6 is 0 Å². The van der Waals surface area contributed by atoms with Crippen molar-refractivity contribution in [2.75, 3.05) is 26.4 Å². The van der Waals surface area contributed by atoms with E-state index in [9.17, 15) is 86.8 Å². The number of ether oxygens (including phenoxy) is 10. The van der Waals surface area contributed by atoms with E-state index in [4.69, 9.17) is 47.4 Å². The van der Waals surface area contributed by atoms with E-state index in [0.717, 1.165) is 5.57 Å². The minimum atomic E-state index is -2.09. The molecule has 5 aliphatic carbocycles. The number of carbonyl (C=O) groups excluding carboxylic acids is 1. The van der Waals surface area contributed by atoms with Crippen molar-refractivity contribution in [3.8, 4) is 0 Å². The highest BCUT2D eigenvalue weighted by Gasteiger charge is 2.72. The fourth-order valence-electron chi connectivity index (χ4n) is 18.0. The summed E-state index contributed by atoms with van der Waals surface area (Å²) in [4.78, 5) is 15.7. The van der Waals surface area contributed by atoms with E-state index in [1.54, 1.807) is 0 Å². The van der Waals surface area contributed by atoms with Crippen molar-refractivity contribution in [1.82, 2.24) is 0 Å². The molecule has 506 valence electrons. The van der Waals surface area contributed by atoms with Gasteiger partial charge in [0.15, 0.2) is 31.3 Å². The lowest BCUT2D eigenvalue weighted by Gasteiger charge is -2.72. The number of carbonyl (C=O) groups is 1. The zero-order valence-electron chi connectivity index (χ0n) is 51.2. The van der Waals surface area contributed by atoms with Crippen molar-refractivity contribution in [1.29, 1.82) is 0 Å². The molecule has 0 aromatic heterocycles. The zero-order valence-corrected chi connectivity index (χ0v) is 51.2. The third-order valence-electron chi connectivity index (χ3n) is 23.5. The highest BCUT2D eigenvalue weighted by Crippen LogP contribution is 2.76. The van der Waals surface area contributed by atoms with Gasteiger partial charge >= 0.3 is 5.97 Å². The number of esters is 1. The van der Waals surface area contributed by atoms with Crippen molar-refractivity contribution < 1.29 is 139 Å². The first-order valence-electron chi connectivity index (χ1n) is 31.3.